The maximum atomic E-state index is 6.20. The maximum Gasteiger partial charge on any atom is 0.0466 e. The lowest BCUT2D eigenvalue weighted by Crippen LogP contribution is -2.23. The molecule has 1 aromatic rings. The lowest BCUT2D eigenvalue weighted by molar-refractivity contribution is 0.444. The van der Waals surface area contributed by atoms with Crippen LogP contribution >= 0.6 is 0 Å². The zero-order valence-corrected chi connectivity index (χ0v) is 10.4. The monoisotopic (exact) mass is 230 g/mol. The molecule has 1 saturated carbocycles. The third kappa shape index (κ3) is 2.52. The Bertz CT molecular complexity index is 384. The van der Waals surface area contributed by atoms with Gasteiger partial charge in [0.15, 0.2) is 0 Å². The molecule has 0 aromatic carbocycles. The highest BCUT2D eigenvalue weighted by Gasteiger charge is 2.29. The number of hydrogen-bond acceptors (Lipinski definition) is 2. The van der Waals surface area contributed by atoms with Crippen molar-refractivity contribution >= 4 is 0 Å². The second-order valence-corrected chi connectivity index (χ2v) is 5.72. The van der Waals surface area contributed by atoms with Crippen LogP contribution in [-0.2, 0) is 6.42 Å². The Morgan fingerprint density at radius 3 is 3.06 bits per heavy atom. The van der Waals surface area contributed by atoms with Crippen molar-refractivity contribution in [1.29, 1.82) is 0 Å². The summed E-state index contributed by atoms with van der Waals surface area (Å²) >= 11 is 0. The predicted molar refractivity (Wildman–Crippen MR) is 69.8 cm³/mol. The average molecular weight is 230 g/mol. The third-order valence-electron chi connectivity index (χ3n) is 4.39. The Labute approximate surface area is 104 Å². The Balaban J connectivity index is 1.63. The molecule has 2 nitrogen and oxygen atoms in total. The van der Waals surface area contributed by atoms with Gasteiger partial charge in [0.05, 0.1) is 0 Å². The predicted octanol–water partition coefficient (Wildman–Crippen LogP) is 3.02. The highest BCUT2D eigenvalue weighted by Crippen LogP contribution is 2.37. The van der Waals surface area contributed by atoms with Gasteiger partial charge in [-0.05, 0) is 62.5 Å². The van der Waals surface area contributed by atoms with E-state index < -0.39 is 0 Å². The minimum atomic E-state index is 0.448. The number of nitrogens with two attached hydrogens (primary N) is 1. The molecule has 0 spiro atoms. The molecule has 2 N–H and O–H groups in total. The van der Waals surface area contributed by atoms with Gasteiger partial charge in [-0.25, -0.2) is 0 Å². The first-order valence-corrected chi connectivity index (χ1v) is 7.04. The molecule has 1 aromatic heterocycles. The molecule has 0 bridgehead atoms. The SMILES string of the molecule is NC(CCC1CCCc2cccnc21)C1CC1. The lowest BCUT2D eigenvalue weighted by Gasteiger charge is -2.25. The van der Waals surface area contributed by atoms with E-state index in [1.54, 1.807) is 0 Å². The molecule has 2 atom stereocenters. The molecule has 92 valence electrons. The van der Waals surface area contributed by atoms with Gasteiger partial charge in [0.2, 0.25) is 0 Å². The van der Waals surface area contributed by atoms with E-state index in [4.69, 9.17) is 5.73 Å². The molecule has 3 rings (SSSR count). The van der Waals surface area contributed by atoms with Crippen LogP contribution in [-0.4, -0.2) is 11.0 Å². The first-order valence-electron chi connectivity index (χ1n) is 7.04. The first-order chi connectivity index (χ1) is 8.34. The fraction of sp³-hybridized carbons (Fsp3) is 0.667. The van der Waals surface area contributed by atoms with E-state index in [-0.39, 0.29) is 0 Å². The van der Waals surface area contributed by atoms with Crippen molar-refractivity contribution in [1.82, 2.24) is 4.98 Å². The molecule has 2 heteroatoms. The minimum Gasteiger partial charge on any atom is -0.327 e. The Morgan fingerprint density at radius 2 is 2.24 bits per heavy atom. The van der Waals surface area contributed by atoms with Crippen LogP contribution < -0.4 is 5.73 Å². The molecule has 0 amide bonds. The van der Waals surface area contributed by atoms with E-state index in [0.717, 1.165) is 5.92 Å². The lowest BCUT2D eigenvalue weighted by atomic mass is 9.83. The largest absolute Gasteiger partial charge is 0.327 e. The smallest absolute Gasteiger partial charge is 0.0466 e. The van der Waals surface area contributed by atoms with Crippen LogP contribution in [0.5, 0.6) is 0 Å². The number of hydrogen-bond donors (Lipinski definition) is 1. The molecule has 1 fully saturated rings. The van der Waals surface area contributed by atoms with Gasteiger partial charge in [0.1, 0.15) is 0 Å². The van der Waals surface area contributed by atoms with Gasteiger partial charge in [-0.3, -0.25) is 4.98 Å². The van der Waals surface area contributed by atoms with Crippen molar-refractivity contribution in [2.24, 2.45) is 11.7 Å². The quantitative estimate of drug-likeness (QED) is 0.863. The summed E-state index contributed by atoms with van der Waals surface area (Å²) in [5, 5.41) is 0. The summed E-state index contributed by atoms with van der Waals surface area (Å²) in [4.78, 5) is 4.60. The molecule has 0 radical (unpaired) electrons. The van der Waals surface area contributed by atoms with Gasteiger partial charge in [-0.1, -0.05) is 6.07 Å². The Kier molecular flexibility index (Phi) is 3.15. The van der Waals surface area contributed by atoms with Crippen molar-refractivity contribution in [2.45, 2.75) is 56.9 Å². The summed E-state index contributed by atoms with van der Waals surface area (Å²) in [6, 6.07) is 4.76. The van der Waals surface area contributed by atoms with Crippen molar-refractivity contribution in [3.8, 4) is 0 Å². The van der Waals surface area contributed by atoms with Gasteiger partial charge in [0, 0.05) is 23.9 Å². The van der Waals surface area contributed by atoms with Gasteiger partial charge in [-0.15, -0.1) is 0 Å². The maximum absolute atomic E-state index is 6.20. The molecule has 0 aliphatic heterocycles. The molecule has 17 heavy (non-hydrogen) atoms. The molecule has 0 saturated heterocycles. The number of pyridine rings is 1. The van der Waals surface area contributed by atoms with Crippen molar-refractivity contribution in [3.63, 3.8) is 0 Å². The van der Waals surface area contributed by atoms with Crippen LogP contribution in [0.1, 0.15) is 55.7 Å². The molecule has 2 aliphatic carbocycles. The van der Waals surface area contributed by atoms with Crippen LogP contribution in [0.15, 0.2) is 18.3 Å². The van der Waals surface area contributed by atoms with Gasteiger partial charge in [-0.2, -0.15) is 0 Å². The third-order valence-corrected chi connectivity index (χ3v) is 4.39. The van der Waals surface area contributed by atoms with E-state index in [9.17, 15) is 0 Å². The number of fused-ring (bicyclic) bond motifs is 1. The zero-order valence-electron chi connectivity index (χ0n) is 10.4. The average Bonchev–Trinajstić information content (AvgIpc) is 3.20. The van der Waals surface area contributed by atoms with E-state index in [1.165, 1.54) is 56.2 Å². The standard InChI is InChI=1S/C15H22N2/c16-14(11-6-7-11)9-8-13-4-1-3-12-5-2-10-17-15(12)13/h2,5,10-11,13-14H,1,3-4,6-9,16H2. The molecule has 2 unspecified atom stereocenters. The van der Waals surface area contributed by atoms with Gasteiger partial charge < -0.3 is 5.73 Å². The fourth-order valence-corrected chi connectivity index (χ4v) is 3.14. The van der Waals surface area contributed by atoms with Crippen LogP contribution in [0.25, 0.3) is 0 Å². The van der Waals surface area contributed by atoms with Crippen LogP contribution in [0.3, 0.4) is 0 Å². The summed E-state index contributed by atoms with van der Waals surface area (Å²) in [6.45, 7) is 0. The number of aryl methyl sites for hydroxylation is 1. The van der Waals surface area contributed by atoms with Crippen LogP contribution in [0.2, 0.25) is 0 Å². The highest BCUT2D eigenvalue weighted by atomic mass is 14.7. The summed E-state index contributed by atoms with van der Waals surface area (Å²) in [5.74, 6) is 1.51. The van der Waals surface area contributed by atoms with Gasteiger partial charge >= 0.3 is 0 Å². The Morgan fingerprint density at radius 1 is 1.35 bits per heavy atom. The molecular formula is C15H22N2. The van der Waals surface area contributed by atoms with Crippen molar-refractivity contribution in [3.05, 3.63) is 29.6 Å². The van der Waals surface area contributed by atoms with Crippen LogP contribution in [0.4, 0.5) is 0 Å². The van der Waals surface area contributed by atoms with Crippen LogP contribution in [0, 0.1) is 5.92 Å². The summed E-state index contributed by atoms with van der Waals surface area (Å²) in [6.07, 6.45) is 10.9. The number of aromatic nitrogens is 1. The molecule has 1 heterocycles. The van der Waals surface area contributed by atoms with E-state index in [2.05, 4.69) is 17.1 Å². The minimum absolute atomic E-state index is 0.448. The van der Waals surface area contributed by atoms with E-state index >= 15 is 0 Å². The van der Waals surface area contributed by atoms with Gasteiger partial charge in [0.25, 0.3) is 0 Å². The fourth-order valence-electron chi connectivity index (χ4n) is 3.14. The molecule has 2 aliphatic rings. The highest BCUT2D eigenvalue weighted by molar-refractivity contribution is 5.25. The van der Waals surface area contributed by atoms with E-state index in [0.29, 0.717) is 12.0 Å². The van der Waals surface area contributed by atoms with E-state index in [1.807, 2.05) is 6.20 Å². The zero-order chi connectivity index (χ0) is 11.7. The topological polar surface area (TPSA) is 38.9 Å². The molecular weight excluding hydrogens is 208 g/mol. The van der Waals surface area contributed by atoms with Crippen molar-refractivity contribution in [2.75, 3.05) is 0 Å². The number of nitrogens with zero attached hydrogens (tertiary/aromatic N) is 1. The summed E-state index contributed by atoms with van der Waals surface area (Å²) in [7, 11) is 0. The first kappa shape index (κ1) is 11.2. The normalized spacial score (nSPS) is 25.4. The van der Waals surface area contributed by atoms with Crippen molar-refractivity contribution < 1.29 is 0 Å². The number of rotatable bonds is 4. The summed E-state index contributed by atoms with van der Waals surface area (Å²) in [5.41, 5.74) is 9.03. The second-order valence-electron chi connectivity index (χ2n) is 5.72. The summed E-state index contributed by atoms with van der Waals surface area (Å²) < 4.78 is 0. The second kappa shape index (κ2) is 4.77. The Hall–Kier alpha value is -0.890.